The van der Waals surface area contributed by atoms with Crippen LogP contribution in [0.4, 0.5) is 5.13 Å². The van der Waals surface area contributed by atoms with Gasteiger partial charge in [-0.1, -0.05) is 29.5 Å². The van der Waals surface area contributed by atoms with Crippen LogP contribution in [0.1, 0.15) is 28.4 Å². The van der Waals surface area contributed by atoms with Gasteiger partial charge in [-0.15, -0.1) is 0 Å². The zero-order valence-electron chi connectivity index (χ0n) is 17.3. The second kappa shape index (κ2) is 8.82. The fourth-order valence-electron chi connectivity index (χ4n) is 4.23. The van der Waals surface area contributed by atoms with Gasteiger partial charge in [-0.05, 0) is 24.3 Å². The van der Waals surface area contributed by atoms with Crippen molar-refractivity contribution in [2.45, 2.75) is 12.5 Å². The minimum Gasteiger partial charge on any atom is -0.493 e. The first kappa shape index (κ1) is 20.2. The molecule has 1 fully saturated rings. The standard InChI is InChI=1S/C23H26N4O3S/c28-13-12-26-8-10-27(11-9-26)23-25-19-6-5-16(15-21(19)31-23)22(29)24-18-7-14-30-20-4-2-1-3-17(18)20/h1-6,15,18,28H,7-14H2,(H,24,29)/t18-/m0/s1. The molecule has 0 unspecified atom stereocenters. The number of piperazine rings is 1. The number of para-hydroxylation sites is 1. The molecule has 0 saturated carbocycles. The molecule has 3 heterocycles. The summed E-state index contributed by atoms with van der Waals surface area (Å²) in [6.07, 6.45) is 0.762. The quantitative estimate of drug-likeness (QED) is 0.638. The average Bonchev–Trinajstić information content (AvgIpc) is 3.23. The molecule has 0 radical (unpaired) electrons. The van der Waals surface area contributed by atoms with Crippen molar-refractivity contribution < 1.29 is 14.6 Å². The Morgan fingerprint density at radius 2 is 2.03 bits per heavy atom. The van der Waals surface area contributed by atoms with E-state index in [-0.39, 0.29) is 18.6 Å². The number of ether oxygens (including phenoxy) is 1. The van der Waals surface area contributed by atoms with E-state index in [1.54, 1.807) is 11.3 Å². The second-order valence-electron chi connectivity index (χ2n) is 7.93. The number of aliphatic hydroxyl groups excluding tert-OH is 1. The number of rotatable bonds is 5. The topological polar surface area (TPSA) is 77.9 Å². The molecule has 1 atom stereocenters. The van der Waals surface area contributed by atoms with E-state index in [1.807, 2.05) is 42.5 Å². The SMILES string of the molecule is O=C(N[C@H]1CCOc2ccccc21)c1ccc2nc(N3CCN(CCO)CC3)sc2c1. The molecule has 0 bridgehead atoms. The van der Waals surface area contributed by atoms with Crippen molar-refractivity contribution in [2.75, 3.05) is 50.8 Å². The normalized spacial score (nSPS) is 19.1. The third kappa shape index (κ3) is 4.23. The predicted molar refractivity (Wildman–Crippen MR) is 122 cm³/mol. The number of β-amino-alcohol motifs (C(OH)–C–C–N with tert-alkyl or cyclic N) is 1. The summed E-state index contributed by atoms with van der Waals surface area (Å²) in [5.74, 6) is 0.775. The van der Waals surface area contributed by atoms with Gasteiger partial charge >= 0.3 is 0 Å². The minimum absolute atomic E-state index is 0.0413. The number of aromatic nitrogens is 1. The first-order chi connectivity index (χ1) is 15.2. The zero-order chi connectivity index (χ0) is 21.2. The summed E-state index contributed by atoms with van der Waals surface area (Å²) < 4.78 is 6.72. The van der Waals surface area contributed by atoms with Crippen LogP contribution in [0.15, 0.2) is 42.5 Å². The molecule has 7 nitrogen and oxygen atoms in total. The van der Waals surface area contributed by atoms with E-state index in [4.69, 9.17) is 14.8 Å². The molecule has 2 N–H and O–H groups in total. The van der Waals surface area contributed by atoms with Crippen LogP contribution in [0.25, 0.3) is 10.2 Å². The van der Waals surface area contributed by atoms with Crippen LogP contribution in [0.3, 0.4) is 0 Å². The lowest BCUT2D eigenvalue weighted by Gasteiger charge is -2.34. The first-order valence-electron chi connectivity index (χ1n) is 10.7. The number of carbonyl (C=O) groups is 1. The first-order valence-corrected chi connectivity index (χ1v) is 11.5. The molecule has 0 aliphatic carbocycles. The molecule has 0 spiro atoms. The Balaban J connectivity index is 1.30. The molecule has 2 aliphatic rings. The van der Waals surface area contributed by atoms with Crippen LogP contribution in [0.5, 0.6) is 5.75 Å². The molecule has 2 aliphatic heterocycles. The minimum atomic E-state index is -0.0730. The van der Waals surface area contributed by atoms with Gasteiger partial charge in [0.05, 0.1) is 29.5 Å². The smallest absolute Gasteiger partial charge is 0.251 e. The third-order valence-corrected chi connectivity index (χ3v) is 7.04. The van der Waals surface area contributed by atoms with Crippen molar-refractivity contribution >= 4 is 32.6 Å². The number of thiazole rings is 1. The number of hydrogen-bond donors (Lipinski definition) is 2. The Morgan fingerprint density at radius 3 is 2.87 bits per heavy atom. The maximum Gasteiger partial charge on any atom is 0.251 e. The van der Waals surface area contributed by atoms with Crippen molar-refractivity contribution in [1.29, 1.82) is 0 Å². The molecule has 1 saturated heterocycles. The Morgan fingerprint density at radius 1 is 1.19 bits per heavy atom. The highest BCUT2D eigenvalue weighted by molar-refractivity contribution is 7.22. The summed E-state index contributed by atoms with van der Waals surface area (Å²) in [6.45, 7) is 5.18. The number of amides is 1. The summed E-state index contributed by atoms with van der Waals surface area (Å²) >= 11 is 1.63. The number of anilines is 1. The summed E-state index contributed by atoms with van der Waals surface area (Å²) in [7, 11) is 0. The molecule has 8 heteroatoms. The van der Waals surface area contributed by atoms with E-state index < -0.39 is 0 Å². The largest absolute Gasteiger partial charge is 0.493 e. The number of carbonyl (C=O) groups excluding carboxylic acids is 1. The van der Waals surface area contributed by atoms with Crippen molar-refractivity contribution in [3.63, 3.8) is 0 Å². The van der Waals surface area contributed by atoms with Crippen molar-refractivity contribution in [3.8, 4) is 5.75 Å². The Labute approximate surface area is 185 Å². The van der Waals surface area contributed by atoms with Gasteiger partial charge in [0.25, 0.3) is 5.91 Å². The third-order valence-electron chi connectivity index (χ3n) is 5.96. The van der Waals surface area contributed by atoms with E-state index in [0.29, 0.717) is 12.2 Å². The highest BCUT2D eigenvalue weighted by atomic mass is 32.1. The number of aliphatic hydroxyl groups is 1. The maximum atomic E-state index is 13.0. The van der Waals surface area contributed by atoms with Gasteiger partial charge in [0.15, 0.2) is 5.13 Å². The molecule has 5 rings (SSSR count). The van der Waals surface area contributed by atoms with E-state index in [9.17, 15) is 4.79 Å². The summed E-state index contributed by atoms with van der Waals surface area (Å²) in [5, 5.41) is 13.3. The highest BCUT2D eigenvalue weighted by Crippen LogP contribution is 2.33. The fourth-order valence-corrected chi connectivity index (χ4v) is 5.28. The van der Waals surface area contributed by atoms with Gasteiger partial charge in [0, 0.05) is 50.3 Å². The molecular formula is C23H26N4O3S. The van der Waals surface area contributed by atoms with Gasteiger partial charge in [0.1, 0.15) is 5.75 Å². The van der Waals surface area contributed by atoms with Gasteiger partial charge in [-0.25, -0.2) is 4.98 Å². The lowest BCUT2D eigenvalue weighted by Crippen LogP contribution is -2.47. The molecule has 1 amide bonds. The van der Waals surface area contributed by atoms with E-state index in [2.05, 4.69) is 15.1 Å². The van der Waals surface area contributed by atoms with E-state index in [1.165, 1.54) is 0 Å². The molecule has 1 aromatic heterocycles. The number of hydrogen-bond acceptors (Lipinski definition) is 7. The van der Waals surface area contributed by atoms with Gasteiger partial charge < -0.3 is 20.1 Å². The number of nitrogens with zero attached hydrogens (tertiary/aromatic N) is 3. The maximum absolute atomic E-state index is 13.0. The van der Waals surface area contributed by atoms with E-state index in [0.717, 1.165) is 65.8 Å². The molecule has 31 heavy (non-hydrogen) atoms. The number of nitrogens with one attached hydrogen (secondary N) is 1. The lowest BCUT2D eigenvalue weighted by atomic mass is 10.00. The summed E-state index contributed by atoms with van der Waals surface area (Å²) in [5.41, 5.74) is 2.61. The monoisotopic (exact) mass is 438 g/mol. The molecule has 2 aromatic carbocycles. The van der Waals surface area contributed by atoms with Crippen LogP contribution in [-0.2, 0) is 0 Å². The van der Waals surface area contributed by atoms with Crippen LogP contribution in [0, 0.1) is 0 Å². The fraction of sp³-hybridized carbons (Fsp3) is 0.391. The Bertz CT molecular complexity index is 1080. The van der Waals surface area contributed by atoms with Crippen molar-refractivity contribution in [2.24, 2.45) is 0 Å². The second-order valence-corrected chi connectivity index (χ2v) is 8.94. The predicted octanol–water partition coefficient (Wildman–Crippen LogP) is 2.66. The van der Waals surface area contributed by atoms with Gasteiger partial charge in [-0.3, -0.25) is 9.69 Å². The summed E-state index contributed by atoms with van der Waals surface area (Å²) in [4.78, 5) is 22.3. The molecule has 162 valence electrons. The van der Waals surface area contributed by atoms with Crippen LogP contribution in [0.2, 0.25) is 0 Å². The number of fused-ring (bicyclic) bond motifs is 2. The summed E-state index contributed by atoms with van der Waals surface area (Å²) in [6, 6.07) is 13.6. The highest BCUT2D eigenvalue weighted by Gasteiger charge is 2.24. The van der Waals surface area contributed by atoms with E-state index >= 15 is 0 Å². The van der Waals surface area contributed by atoms with Crippen molar-refractivity contribution in [3.05, 3.63) is 53.6 Å². The van der Waals surface area contributed by atoms with Crippen LogP contribution < -0.4 is 15.0 Å². The van der Waals surface area contributed by atoms with Gasteiger partial charge in [-0.2, -0.15) is 0 Å². The molecule has 3 aromatic rings. The Kier molecular flexibility index (Phi) is 5.76. The average molecular weight is 439 g/mol. The van der Waals surface area contributed by atoms with Crippen molar-refractivity contribution in [1.82, 2.24) is 15.2 Å². The Hall–Kier alpha value is -2.68. The van der Waals surface area contributed by atoms with Gasteiger partial charge in [0.2, 0.25) is 0 Å². The van der Waals surface area contributed by atoms with Crippen LogP contribution >= 0.6 is 11.3 Å². The lowest BCUT2D eigenvalue weighted by molar-refractivity contribution is 0.0925. The zero-order valence-corrected chi connectivity index (χ0v) is 18.1. The van der Waals surface area contributed by atoms with Crippen LogP contribution in [-0.4, -0.2) is 66.8 Å². The number of benzene rings is 2. The molecular weight excluding hydrogens is 412 g/mol.